The Morgan fingerprint density at radius 2 is 1.88 bits per heavy atom. The third-order valence-electron chi connectivity index (χ3n) is 2.33. The van der Waals surface area contributed by atoms with E-state index in [4.69, 9.17) is 4.74 Å². The zero-order valence-corrected chi connectivity index (χ0v) is 10.5. The minimum atomic E-state index is -0.586. The third kappa shape index (κ3) is 3.56. The highest BCUT2D eigenvalue weighted by atomic mass is 19.1. The average molecular weight is 244 g/mol. The molecule has 0 aliphatic rings. The minimum Gasteiger partial charge on any atom is -0.494 e. The molecule has 2 N–H and O–H groups in total. The highest BCUT2D eigenvalue weighted by Gasteiger charge is 2.19. The molecule has 17 heavy (non-hydrogen) atoms. The average Bonchev–Trinajstić information content (AvgIpc) is 2.22. The fourth-order valence-corrected chi connectivity index (χ4v) is 1.63. The monoisotopic (exact) mass is 244 g/mol. The van der Waals surface area contributed by atoms with E-state index in [2.05, 4.69) is 10.6 Å². The summed E-state index contributed by atoms with van der Waals surface area (Å²) in [7, 11) is 3.10. The molecule has 0 aliphatic heterocycles. The Labute approximate surface area is 100 Å². The number of benzene rings is 1. The van der Waals surface area contributed by atoms with Crippen LogP contribution in [0.2, 0.25) is 0 Å². The summed E-state index contributed by atoms with van der Waals surface area (Å²) in [5, 5.41) is 5.93. The van der Waals surface area contributed by atoms with Crippen LogP contribution in [0.4, 0.5) is 14.5 Å². The smallest absolute Gasteiger partial charge is 0.167 e. The molecule has 0 saturated heterocycles. The summed E-state index contributed by atoms with van der Waals surface area (Å²) in [6.07, 6.45) is 0. The Morgan fingerprint density at radius 3 is 2.41 bits per heavy atom. The number of hydrogen-bond acceptors (Lipinski definition) is 3. The standard InChI is InChI=1S/C12H18F2N2O/c1-12(2,7-15-3)16-10-5-9(14)11(17-4)6-8(10)13/h5-6,15-16H,7H2,1-4H3. The van der Waals surface area contributed by atoms with Gasteiger partial charge in [-0.05, 0) is 20.9 Å². The number of nitrogens with one attached hydrogen (secondary N) is 2. The molecule has 0 unspecified atom stereocenters. The van der Waals surface area contributed by atoms with Gasteiger partial charge in [0.25, 0.3) is 0 Å². The summed E-state index contributed by atoms with van der Waals surface area (Å²) in [5.74, 6) is -1.22. The van der Waals surface area contributed by atoms with Crippen LogP contribution in [0.1, 0.15) is 13.8 Å². The van der Waals surface area contributed by atoms with E-state index in [1.807, 2.05) is 13.8 Å². The van der Waals surface area contributed by atoms with Crippen LogP contribution in [0.25, 0.3) is 0 Å². The summed E-state index contributed by atoms with van der Waals surface area (Å²) < 4.78 is 31.8. The van der Waals surface area contributed by atoms with Crippen LogP contribution in [-0.2, 0) is 0 Å². The number of halogens is 2. The fraction of sp³-hybridized carbons (Fsp3) is 0.500. The van der Waals surface area contributed by atoms with E-state index in [0.717, 1.165) is 12.1 Å². The van der Waals surface area contributed by atoms with E-state index < -0.39 is 11.6 Å². The van der Waals surface area contributed by atoms with Crippen molar-refractivity contribution in [2.75, 3.05) is 26.0 Å². The molecule has 0 radical (unpaired) electrons. The van der Waals surface area contributed by atoms with Crippen molar-refractivity contribution in [2.24, 2.45) is 0 Å². The molecule has 0 fully saturated rings. The molecule has 96 valence electrons. The summed E-state index contributed by atoms with van der Waals surface area (Å²) in [6.45, 7) is 4.41. The molecular formula is C12H18F2N2O. The van der Waals surface area contributed by atoms with Gasteiger partial charge in [-0.15, -0.1) is 0 Å². The van der Waals surface area contributed by atoms with Crippen LogP contribution in [0, 0.1) is 11.6 Å². The van der Waals surface area contributed by atoms with E-state index in [9.17, 15) is 8.78 Å². The molecule has 1 aromatic rings. The first kappa shape index (κ1) is 13.7. The zero-order chi connectivity index (χ0) is 13.1. The number of ether oxygens (including phenoxy) is 1. The van der Waals surface area contributed by atoms with Gasteiger partial charge >= 0.3 is 0 Å². The van der Waals surface area contributed by atoms with Crippen LogP contribution in [-0.4, -0.2) is 26.2 Å². The fourth-order valence-electron chi connectivity index (χ4n) is 1.63. The van der Waals surface area contributed by atoms with E-state index in [1.54, 1.807) is 7.05 Å². The molecule has 5 heteroatoms. The van der Waals surface area contributed by atoms with Crippen molar-refractivity contribution in [1.29, 1.82) is 0 Å². The van der Waals surface area contributed by atoms with E-state index in [0.29, 0.717) is 6.54 Å². The van der Waals surface area contributed by atoms with Crippen LogP contribution < -0.4 is 15.4 Å². The molecule has 3 nitrogen and oxygen atoms in total. The van der Waals surface area contributed by atoms with Crippen molar-refractivity contribution in [3.05, 3.63) is 23.8 Å². The van der Waals surface area contributed by atoms with Gasteiger partial charge in [0.05, 0.1) is 12.8 Å². The lowest BCUT2D eigenvalue weighted by molar-refractivity contribution is 0.382. The van der Waals surface area contributed by atoms with Crippen LogP contribution in [0.15, 0.2) is 12.1 Å². The van der Waals surface area contributed by atoms with Crippen LogP contribution in [0.5, 0.6) is 5.75 Å². The second kappa shape index (κ2) is 5.31. The topological polar surface area (TPSA) is 33.3 Å². The number of likely N-dealkylation sites (N-methyl/N-ethyl adjacent to an activating group) is 1. The maximum Gasteiger partial charge on any atom is 0.167 e. The Hall–Kier alpha value is -1.36. The van der Waals surface area contributed by atoms with Gasteiger partial charge in [-0.3, -0.25) is 0 Å². The lowest BCUT2D eigenvalue weighted by atomic mass is 10.1. The van der Waals surface area contributed by atoms with Gasteiger partial charge in [-0.2, -0.15) is 0 Å². The number of methoxy groups -OCH3 is 1. The molecule has 0 saturated carbocycles. The second-order valence-corrected chi connectivity index (χ2v) is 4.51. The maximum atomic E-state index is 13.7. The highest BCUT2D eigenvalue weighted by Crippen LogP contribution is 2.26. The van der Waals surface area contributed by atoms with Gasteiger partial charge < -0.3 is 15.4 Å². The summed E-state index contributed by atoms with van der Waals surface area (Å²) >= 11 is 0. The van der Waals surface area contributed by atoms with Crippen molar-refractivity contribution in [3.63, 3.8) is 0 Å². The molecule has 1 rings (SSSR count). The van der Waals surface area contributed by atoms with Crippen molar-refractivity contribution >= 4 is 5.69 Å². The Kier molecular flexibility index (Phi) is 4.28. The first-order valence-electron chi connectivity index (χ1n) is 5.35. The van der Waals surface area contributed by atoms with Gasteiger partial charge in [0.1, 0.15) is 5.82 Å². The lowest BCUT2D eigenvalue weighted by Crippen LogP contribution is -2.40. The molecule has 0 atom stereocenters. The quantitative estimate of drug-likeness (QED) is 0.834. The Bertz CT molecular complexity index is 394. The molecule has 0 aromatic heterocycles. The zero-order valence-electron chi connectivity index (χ0n) is 10.5. The first-order valence-corrected chi connectivity index (χ1v) is 5.35. The SMILES string of the molecule is CNCC(C)(C)Nc1cc(F)c(OC)cc1F. The highest BCUT2D eigenvalue weighted by molar-refractivity contribution is 5.50. The normalized spacial score (nSPS) is 11.4. The van der Waals surface area contributed by atoms with Gasteiger partial charge in [0.15, 0.2) is 11.6 Å². The van der Waals surface area contributed by atoms with E-state index in [-0.39, 0.29) is 17.0 Å². The molecule has 0 amide bonds. The molecule has 1 aromatic carbocycles. The molecule has 0 spiro atoms. The minimum absolute atomic E-state index is 0.0977. The van der Waals surface area contributed by atoms with Crippen LogP contribution >= 0.6 is 0 Å². The largest absolute Gasteiger partial charge is 0.494 e. The Balaban J connectivity index is 2.96. The van der Waals surface area contributed by atoms with Gasteiger partial charge in [0, 0.05) is 24.2 Å². The van der Waals surface area contributed by atoms with E-state index in [1.165, 1.54) is 7.11 Å². The molecule has 0 bridgehead atoms. The van der Waals surface area contributed by atoms with Crippen molar-refractivity contribution in [3.8, 4) is 5.75 Å². The second-order valence-electron chi connectivity index (χ2n) is 4.51. The van der Waals surface area contributed by atoms with Crippen molar-refractivity contribution in [1.82, 2.24) is 5.32 Å². The maximum absolute atomic E-state index is 13.7. The molecular weight excluding hydrogens is 226 g/mol. The summed E-state index contributed by atoms with van der Waals surface area (Å²) in [4.78, 5) is 0. The Morgan fingerprint density at radius 1 is 1.24 bits per heavy atom. The van der Waals surface area contributed by atoms with Gasteiger partial charge in [-0.1, -0.05) is 0 Å². The van der Waals surface area contributed by atoms with Crippen molar-refractivity contribution < 1.29 is 13.5 Å². The first-order chi connectivity index (χ1) is 7.89. The van der Waals surface area contributed by atoms with E-state index >= 15 is 0 Å². The molecule has 0 aliphatic carbocycles. The van der Waals surface area contributed by atoms with Crippen LogP contribution in [0.3, 0.4) is 0 Å². The predicted molar refractivity (Wildman–Crippen MR) is 64.5 cm³/mol. The molecule has 0 heterocycles. The van der Waals surface area contributed by atoms with Crippen molar-refractivity contribution in [2.45, 2.75) is 19.4 Å². The summed E-state index contributed by atoms with van der Waals surface area (Å²) in [6, 6.07) is 2.14. The predicted octanol–water partition coefficient (Wildman–Crippen LogP) is 2.38. The number of anilines is 1. The number of hydrogen-bond donors (Lipinski definition) is 2. The summed E-state index contributed by atoms with van der Waals surface area (Å²) in [5.41, 5.74) is -0.250. The third-order valence-corrected chi connectivity index (χ3v) is 2.33. The number of rotatable bonds is 5. The lowest BCUT2D eigenvalue weighted by Gasteiger charge is -2.27. The van der Waals surface area contributed by atoms with Gasteiger partial charge in [0.2, 0.25) is 0 Å². The van der Waals surface area contributed by atoms with Gasteiger partial charge in [-0.25, -0.2) is 8.78 Å².